The van der Waals surface area contributed by atoms with Crippen molar-refractivity contribution in [1.82, 2.24) is 9.97 Å². The second kappa shape index (κ2) is 5.47. The molecule has 116 valence electrons. The van der Waals surface area contributed by atoms with Crippen molar-refractivity contribution in [3.05, 3.63) is 11.4 Å². The predicted octanol–water partition coefficient (Wildman–Crippen LogP) is 3.65. The van der Waals surface area contributed by atoms with Crippen molar-refractivity contribution < 1.29 is 0 Å². The van der Waals surface area contributed by atoms with Crippen molar-refractivity contribution in [1.29, 1.82) is 0 Å². The van der Waals surface area contributed by atoms with Gasteiger partial charge in [-0.15, -0.1) is 0 Å². The second-order valence-corrected chi connectivity index (χ2v) is 7.26. The fraction of sp³-hybridized carbons (Fsp3) is 0.765. The van der Waals surface area contributed by atoms with Crippen LogP contribution in [0.4, 0.5) is 11.6 Å². The zero-order valence-corrected chi connectivity index (χ0v) is 13.7. The molecule has 1 aromatic heterocycles. The van der Waals surface area contributed by atoms with Crippen LogP contribution >= 0.6 is 0 Å². The van der Waals surface area contributed by atoms with Crippen molar-refractivity contribution in [2.45, 2.75) is 65.2 Å². The van der Waals surface area contributed by atoms with Gasteiger partial charge in [0.15, 0.2) is 0 Å². The van der Waals surface area contributed by atoms with Gasteiger partial charge in [0.05, 0.1) is 0 Å². The van der Waals surface area contributed by atoms with E-state index in [1.807, 2.05) is 0 Å². The van der Waals surface area contributed by atoms with Gasteiger partial charge in [0, 0.05) is 24.6 Å². The Balaban J connectivity index is 1.81. The molecule has 1 aromatic rings. The molecule has 0 aromatic carbocycles. The molecule has 0 amide bonds. The molecular weight excluding hydrogens is 260 g/mol. The average molecular weight is 288 g/mol. The van der Waals surface area contributed by atoms with Crippen LogP contribution in [-0.4, -0.2) is 23.1 Å². The molecule has 2 fully saturated rings. The molecule has 3 rings (SSSR count). The Kier molecular flexibility index (Phi) is 3.80. The lowest BCUT2D eigenvalue weighted by Gasteiger charge is -2.40. The first-order chi connectivity index (χ1) is 10.0. The average Bonchev–Trinajstić information content (AvgIpc) is 2.91. The maximum absolute atomic E-state index is 6.10. The summed E-state index contributed by atoms with van der Waals surface area (Å²) in [6, 6.07) is 0. The number of hydrogen-bond donors (Lipinski definition) is 1. The third-order valence-corrected chi connectivity index (χ3v) is 5.48. The van der Waals surface area contributed by atoms with E-state index in [0.29, 0.717) is 17.2 Å². The molecule has 2 heterocycles. The molecule has 1 spiro atoms. The first-order valence-corrected chi connectivity index (χ1v) is 8.40. The van der Waals surface area contributed by atoms with Gasteiger partial charge in [-0.05, 0) is 38.0 Å². The third kappa shape index (κ3) is 2.72. The summed E-state index contributed by atoms with van der Waals surface area (Å²) in [6.07, 6.45) is 8.35. The number of nitrogens with zero attached hydrogens (tertiary/aromatic N) is 3. The zero-order valence-electron chi connectivity index (χ0n) is 13.7. The number of anilines is 2. The van der Waals surface area contributed by atoms with Gasteiger partial charge in [0.25, 0.3) is 0 Å². The maximum atomic E-state index is 6.10. The van der Waals surface area contributed by atoms with Gasteiger partial charge in [-0.1, -0.05) is 26.7 Å². The molecule has 4 heteroatoms. The molecular formula is C17H28N4. The number of nitrogens with two attached hydrogens (primary N) is 1. The summed E-state index contributed by atoms with van der Waals surface area (Å²) in [6.45, 7) is 8.54. The molecule has 0 bridgehead atoms. The molecule has 2 aliphatic rings. The minimum atomic E-state index is 0.317. The lowest BCUT2D eigenvalue weighted by molar-refractivity contribution is 0.226. The van der Waals surface area contributed by atoms with Crippen LogP contribution in [0.3, 0.4) is 0 Å². The van der Waals surface area contributed by atoms with E-state index in [9.17, 15) is 0 Å². The Morgan fingerprint density at radius 1 is 1.05 bits per heavy atom. The normalized spacial score (nSPS) is 21.4. The van der Waals surface area contributed by atoms with Crippen LogP contribution in [-0.2, 0) is 0 Å². The SMILES string of the molecule is Cc1c(N)nc(C(C)C)nc1N1CCC2(CCCC2)CC1. The predicted molar refractivity (Wildman–Crippen MR) is 87.6 cm³/mol. The first kappa shape index (κ1) is 14.6. The lowest BCUT2D eigenvalue weighted by atomic mass is 9.77. The summed E-state index contributed by atoms with van der Waals surface area (Å²) in [4.78, 5) is 11.7. The van der Waals surface area contributed by atoms with E-state index in [-0.39, 0.29) is 0 Å². The van der Waals surface area contributed by atoms with E-state index < -0.39 is 0 Å². The van der Waals surface area contributed by atoms with Gasteiger partial charge in [0.1, 0.15) is 17.5 Å². The first-order valence-electron chi connectivity index (χ1n) is 8.40. The second-order valence-electron chi connectivity index (χ2n) is 7.26. The standard InChI is InChI=1S/C17H28N4/c1-12(2)15-19-14(18)13(3)16(20-15)21-10-8-17(9-11-21)6-4-5-7-17/h12H,4-11H2,1-3H3,(H2,18,19,20). The third-order valence-electron chi connectivity index (χ3n) is 5.48. The highest BCUT2D eigenvalue weighted by Gasteiger charge is 2.37. The largest absolute Gasteiger partial charge is 0.383 e. The van der Waals surface area contributed by atoms with Gasteiger partial charge in [-0.2, -0.15) is 0 Å². The summed E-state index contributed by atoms with van der Waals surface area (Å²) in [5, 5.41) is 0. The number of hydrogen-bond acceptors (Lipinski definition) is 4. The number of piperidine rings is 1. The van der Waals surface area contributed by atoms with E-state index >= 15 is 0 Å². The van der Waals surface area contributed by atoms with Crippen LogP contribution in [0.15, 0.2) is 0 Å². The summed E-state index contributed by atoms with van der Waals surface area (Å²) in [7, 11) is 0. The molecule has 1 aliphatic carbocycles. The molecule has 1 saturated carbocycles. The van der Waals surface area contributed by atoms with Gasteiger partial charge in [-0.3, -0.25) is 0 Å². The van der Waals surface area contributed by atoms with E-state index in [2.05, 4.69) is 30.7 Å². The molecule has 1 aliphatic heterocycles. The summed E-state index contributed by atoms with van der Waals surface area (Å²) < 4.78 is 0. The van der Waals surface area contributed by atoms with Crippen molar-refractivity contribution in [2.75, 3.05) is 23.7 Å². The van der Waals surface area contributed by atoms with Crippen LogP contribution in [0, 0.1) is 12.3 Å². The fourth-order valence-corrected chi connectivity index (χ4v) is 3.92. The van der Waals surface area contributed by atoms with Gasteiger partial charge < -0.3 is 10.6 Å². The Hall–Kier alpha value is -1.32. The summed E-state index contributed by atoms with van der Waals surface area (Å²) >= 11 is 0. The Morgan fingerprint density at radius 2 is 1.67 bits per heavy atom. The van der Waals surface area contributed by atoms with Crippen molar-refractivity contribution >= 4 is 11.6 Å². The highest BCUT2D eigenvalue weighted by atomic mass is 15.2. The van der Waals surface area contributed by atoms with E-state index in [1.54, 1.807) is 0 Å². The molecule has 4 nitrogen and oxygen atoms in total. The van der Waals surface area contributed by atoms with Gasteiger partial charge >= 0.3 is 0 Å². The van der Waals surface area contributed by atoms with Gasteiger partial charge in [-0.25, -0.2) is 9.97 Å². The van der Waals surface area contributed by atoms with Crippen molar-refractivity contribution in [3.8, 4) is 0 Å². The maximum Gasteiger partial charge on any atom is 0.137 e. The molecule has 1 saturated heterocycles. The number of nitrogen functional groups attached to an aromatic ring is 1. The molecule has 21 heavy (non-hydrogen) atoms. The Labute approximate surface area is 128 Å². The van der Waals surface area contributed by atoms with Crippen molar-refractivity contribution in [3.63, 3.8) is 0 Å². The molecule has 0 atom stereocenters. The number of rotatable bonds is 2. The van der Waals surface area contributed by atoms with E-state index in [1.165, 1.54) is 38.5 Å². The highest BCUT2D eigenvalue weighted by molar-refractivity contribution is 5.57. The monoisotopic (exact) mass is 288 g/mol. The number of aromatic nitrogens is 2. The minimum Gasteiger partial charge on any atom is -0.383 e. The van der Waals surface area contributed by atoms with Crippen LogP contribution in [0.25, 0.3) is 0 Å². The Bertz CT molecular complexity index is 508. The van der Waals surface area contributed by atoms with Crippen LogP contribution in [0.2, 0.25) is 0 Å². The highest BCUT2D eigenvalue weighted by Crippen LogP contribution is 2.46. The van der Waals surface area contributed by atoms with E-state index in [0.717, 1.165) is 30.3 Å². The van der Waals surface area contributed by atoms with Crippen LogP contribution in [0.1, 0.15) is 69.7 Å². The van der Waals surface area contributed by atoms with Gasteiger partial charge in [0.2, 0.25) is 0 Å². The minimum absolute atomic E-state index is 0.317. The molecule has 0 unspecified atom stereocenters. The van der Waals surface area contributed by atoms with Crippen LogP contribution < -0.4 is 10.6 Å². The topological polar surface area (TPSA) is 55.0 Å². The zero-order chi connectivity index (χ0) is 15.0. The quantitative estimate of drug-likeness (QED) is 0.902. The molecule has 0 radical (unpaired) electrons. The smallest absolute Gasteiger partial charge is 0.137 e. The lowest BCUT2D eigenvalue weighted by Crippen LogP contribution is -2.39. The summed E-state index contributed by atoms with van der Waals surface area (Å²) in [5.41, 5.74) is 7.79. The Morgan fingerprint density at radius 3 is 2.24 bits per heavy atom. The van der Waals surface area contributed by atoms with Crippen molar-refractivity contribution in [2.24, 2.45) is 5.41 Å². The fourth-order valence-electron chi connectivity index (χ4n) is 3.92. The van der Waals surface area contributed by atoms with E-state index in [4.69, 9.17) is 10.7 Å². The summed E-state index contributed by atoms with van der Waals surface area (Å²) in [5.74, 6) is 2.90. The molecule has 2 N–H and O–H groups in total. The van der Waals surface area contributed by atoms with Crippen LogP contribution in [0.5, 0.6) is 0 Å².